The van der Waals surface area contributed by atoms with Crippen molar-refractivity contribution in [3.8, 4) is 22.3 Å². The van der Waals surface area contributed by atoms with Crippen molar-refractivity contribution in [1.82, 2.24) is 4.90 Å². The first kappa shape index (κ1) is 30.2. The Hall–Kier alpha value is -5.91. The molecule has 0 atom stereocenters. The Balaban J connectivity index is 0.926. The molecule has 0 unspecified atom stereocenters. The van der Waals surface area contributed by atoms with E-state index in [-0.39, 0.29) is 6.09 Å². The van der Waals surface area contributed by atoms with Crippen LogP contribution in [-0.2, 0) is 11.3 Å². The van der Waals surface area contributed by atoms with E-state index in [1.165, 1.54) is 58.8 Å². The van der Waals surface area contributed by atoms with Gasteiger partial charge in [-0.15, -0.1) is 11.3 Å². The standard InChI is InChI=1S/C45H34N2O2S/c48-45(49-29-30-9-2-1-3-10-30)47-27-38(28-47)37-21-22-43-41(26-37)40-17-8-18-42(44(40)50-43)46-39-16-7-15-35(25-39)33-13-6-14-34(24-33)36-20-19-31-11-4-5-12-32(31)23-36/h1-26,38,46H,27-29H2. The number of fused-ring (bicyclic) bond motifs is 4. The molecular formula is C45H34N2O2S. The molecule has 50 heavy (non-hydrogen) atoms. The first-order valence-corrected chi connectivity index (χ1v) is 17.8. The molecule has 0 aliphatic carbocycles. The van der Waals surface area contributed by atoms with Gasteiger partial charge in [0.1, 0.15) is 6.61 Å². The van der Waals surface area contributed by atoms with Gasteiger partial charge in [-0.05, 0) is 86.6 Å². The predicted molar refractivity (Wildman–Crippen MR) is 208 cm³/mol. The Bertz CT molecular complexity index is 2520. The lowest BCUT2D eigenvalue weighted by atomic mass is 9.91. The van der Waals surface area contributed by atoms with E-state index in [9.17, 15) is 4.79 Å². The number of anilines is 2. The number of carbonyl (C=O) groups is 1. The molecule has 8 aromatic rings. The summed E-state index contributed by atoms with van der Waals surface area (Å²) in [5.41, 5.74) is 9.20. The van der Waals surface area contributed by atoms with Crippen LogP contribution in [0.25, 0.3) is 53.2 Å². The second-order valence-corrected chi connectivity index (χ2v) is 14.1. The van der Waals surface area contributed by atoms with Gasteiger partial charge >= 0.3 is 6.09 Å². The lowest BCUT2D eigenvalue weighted by Gasteiger charge is -2.38. The third-order valence-corrected chi connectivity index (χ3v) is 11.0. The van der Waals surface area contributed by atoms with E-state index in [0.29, 0.717) is 25.6 Å². The monoisotopic (exact) mass is 666 g/mol. The van der Waals surface area contributed by atoms with Crippen molar-refractivity contribution in [1.29, 1.82) is 0 Å². The van der Waals surface area contributed by atoms with Crippen LogP contribution in [0, 0.1) is 0 Å². The van der Waals surface area contributed by atoms with Gasteiger partial charge in [-0.25, -0.2) is 4.79 Å². The largest absolute Gasteiger partial charge is 0.445 e. The van der Waals surface area contributed by atoms with Gasteiger partial charge in [0.25, 0.3) is 0 Å². The summed E-state index contributed by atoms with van der Waals surface area (Å²) in [6.45, 7) is 1.65. The van der Waals surface area contributed by atoms with Crippen molar-refractivity contribution in [2.24, 2.45) is 0 Å². The number of nitrogens with one attached hydrogen (secondary N) is 1. The zero-order valence-electron chi connectivity index (χ0n) is 27.4. The van der Waals surface area contributed by atoms with Gasteiger partial charge in [0.2, 0.25) is 0 Å². The zero-order chi connectivity index (χ0) is 33.4. The van der Waals surface area contributed by atoms with Gasteiger partial charge < -0.3 is 15.0 Å². The van der Waals surface area contributed by atoms with Crippen LogP contribution in [0.1, 0.15) is 17.0 Å². The predicted octanol–water partition coefficient (Wildman–Crippen LogP) is 12.0. The van der Waals surface area contributed by atoms with Crippen LogP contribution >= 0.6 is 11.3 Å². The SMILES string of the molecule is O=C(OCc1ccccc1)N1CC(c2ccc3sc4c(Nc5cccc(-c6cccc(-c7ccc8ccccc8c7)c6)c5)cccc4c3c2)C1. The van der Waals surface area contributed by atoms with Gasteiger partial charge in [-0.2, -0.15) is 0 Å². The van der Waals surface area contributed by atoms with Gasteiger partial charge in [-0.1, -0.05) is 115 Å². The van der Waals surface area contributed by atoms with Crippen LogP contribution in [0.4, 0.5) is 16.2 Å². The van der Waals surface area contributed by atoms with E-state index >= 15 is 0 Å². The number of thiophene rings is 1. The molecule has 5 heteroatoms. The normalized spacial score (nSPS) is 13.1. The molecular weight excluding hydrogens is 633 g/mol. The summed E-state index contributed by atoms with van der Waals surface area (Å²) in [4.78, 5) is 14.4. The zero-order valence-corrected chi connectivity index (χ0v) is 28.2. The minimum Gasteiger partial charge on any atom is -0.445 e. The highest BCUT2D eigenvalue weighted by atomic mass is 32.1. The molecule has 0 radical (unpaired) electrons. The second-order valence-electron chi connectivity index (χ2n) is 13.0. The van der Waals surface area contributed by atoms with Crippen molar-refractivity contribution in [2.45, 2.75) is 12.5 Å². The van der Waals surface area contributed by atoms with Gasteiger partial charge in [-0.3, -0.25) is 0 Å². The fourth-order valence-electron chi connectivity index (χ4n) is 7.00. The Morgan fingerprint density at radius 1 is 0.640 bits per heavy atom. The molecule has 0 spiro atoms. The van der Waals surface area contributed by atoms with Crippen LogP contribution in [0.5, 0.6) is 0 Å². The van der Waals surface area contributed by atoms with E-state index in [4.69, 9.17) is 4.74 Å². The van der Waals surface area contributed by atoms with Crippen LogP contribution < -0.4 is 5.32 Å². The number of nitrogens with zero attached hydrogens (tertiary/aromatic N) is 1. The molecule has 4 nitrogen and oxygen atoms in total. The molecule has 7 aromatic carbocycles. The van der Waals surface area contributed by atoms with E-state index in [1.807, 2.05) is 41.7 Å². The van der Waals surface area contributed by atoms with Crippen molar-refractivity contribution >= 4 is 59.7 Å². The molecule has 1 saturated heterocycles. The molecule has 1 aliphatic heterocycles. The summed E-state index contributed by atoms with van der Waals surface area (Å²) < 4.78 is 8.04. The molecule has 0 bridgehead atoms. The molecule has 1 fully saturated rings. The number of amides is 1. The number of ether oxygens (including phenoxy) is 1. The Morgan fingerprint density at radius 3 is 2.20 bits per heavy atom. The highest BCUT2D eigenvalue weighted by molar-refractivity contribution is 7.26. The molecule has 1 aromatic heterocycles. The maximum absolute atomic E-state index is 12.6. The van der Waals surface area contributed by atoms with E-state index in [2.05, 4.69) is 133 Å². The molecule has 2 heterocycles. The van der Waals surface area contributed by atoms with Crippen molar-refractivity contribution < 1.29 is 9.53 Å². The lowest BCUT2D eigenvalue weighted by Crippen LogP contribution is -2.48. The smallest absolute Gasteiger partial charge is 0.410 e. The maximum Gasteiger partial charge on any atom is 0.410 e. The summed E-state index contributed by atoms with van der Waals surface area (Å²) in [5.74, 6) is 0.308. The molecule has 1 amide bonds. The number of hydrogen-bond donors (Lipinski definition) is 1. The lowest BCUT2D eigenvalue weighted by molar-refractivity contribution is 0.0664. The summed E-state index contributed by atoms with van der Waals surface area (Å²) >= 11 is 1.82. The fraction of sp³-hybridized carbons (Fsp3) is 0.0889. The first-order chi connectivity index (χ1) is 24.6. The molecule has 9 rings (SSSR count). The van der Waals surface area contributed by atoms with Gasteiger partial charge in [0.15, 0.2) is 0 Å². The van der Waals surface area contributed by atoms with Crippen LogP contribution in [0.2, 0.25) is 0 Å². The Labute approximate surface area is 295 Å². The van der Waals surface area contributed by atoms with Crippen molar-refractivity contribution in [2.75, 3.05) is 18.4 Å². The van der Waals surface area contributed by atoms with Crippen molar-refractivity contribution in [3.63, 3.8) is 0 Å². The van der Waals surface area contributed by atoms with Crippen molar-refractivity contribution in [3.05, 3.63) is 169 Å². The van der Waals surface area contributed by atoms with Gasteiger partial charge in [0, 0.05) is 40.2 Å². The van der Waals surface area contributed by atoms with E-state index in [0.717, 1.165) is 16.9 Å². The second kappa shape index (κ2) is 12.8. The third kappa shape index (κ3) is 5.86. The number of hydrogen-bond acceptors (Lipinski definition) is 4. The minimum absolute atomic E-state index is 0.246. The highest BCUT2D eigenvalue weighted by Gasteiger charge is 2.33. The summed E-state index contributed by atoms with van der Waals surface area (Å²) in [6.07, 6.45) is -0.246. The number of carbonyl (C=O) groups excluding carboxylic acids is 1. The third-order valence-electron chi connectivity index (χ3n) is 9.76. The quantitative estimate of drug-likeness (QED) is 0.184. The highest BCUT2D eigenvalue weighted by Crippen LogP contribution is 2.41. The summed E-state index contributed by atoms with van der Waals surface area (Å²) in [6, 6.07) is 55.7. The summed E-state index contributed by atoms with van der Waals surface area (Å²) in [7, 11) is 0. The fourth-order valence-corrected chi connectivity index (χ4v) is 8.15. The average molecular weight is 667 g/mol. The number of benzene rings is 7. The van der Waals surface area contributed by atoms with Crippen LogP contribution in [-0.4, -0.2) is 24.1 Å². The van der Waals surface area contributed by atoms with E-state index in [1.54, 1.807) is 4.90 Å². The topological polar surface area (TPSA) is 41.6 Å². The summed E-state index contributed by atoms with van der Waals surface area (Å²) in [5, 5.41) is 8.75. The van der Waals surface area contributed by atoms with Crippen LogP contribution in [0.3, 0.4) is 0 Å². The Kier molecular flexibility index (Phi) is 7.75. The molecule has 1 N–H and O–H groups in total. The van der Waals surface area contributed by atoms with Gasteiger partial charge in [0.05, 0.1) is 10.4 Å². The molecule has 0 saturated carbocycles. The number of likely N-dealkylation sites (tertiary alicyclic amines) is 1. The van der Waals surface area contributed by atoms with Crippen LogP contribution in [0.15, 0.2) is 158 Å². The maximum atomic E-state index is 12.6. The minimum atomic E-state index is -0.246. The Morgan fingerprint density at radius 2 is 1.36 bits per heavy atom. The average Bonchev–Trinajstić information content (AvgIpc) is 3.53. The van der Waals surface area contributed by atoms with E-state index < -0.39 is 0 Å². The number of rotatable bonds is 7. The molecule has 242 valence electrons. The molecule has 1 aliphatic rings. The first-order valence-electron chi connectivity index (χ1n) is 17.0.